The molecule has 1 aliphatic rings. The third-order valence-corrected chi connectivity index (χ3v) is 5.12. The topological polar surface area (TPSA) is 46.6 Å². The lowest BCUT2D eigenvalue weighted by atomic mass is 10.3. The van der Waals surface area contributed by atoms with E-state index in [2.05, 4.69) is 0 Å². The molecule has 2 heterocycles. The van der Waals surface area contributed by atoms with Crippen LogP contribution < -0.4 is 0 Å². The minimum atomic E-state index is -0.221. The van der Waals surface area contributed by atoms with Crippen LogP contribution in [0.15, 0.2) is 22.4 Å². The zero-order valence-corrected chi connectivity index (χ0v) is 14.7. The van der Waals surface area contributed by atoms with Crippen molar-refractivity contribution in [1.82, 2.24) is 4.90 Å². The highest BCUT2D eigenvalue weighted by molar-refractivity contribution is 8.26. The molecule has 0 unspecified atom stereocenters. The van der Waals surface area contributed by atoms with Crippen molar-refractivity contribution in [3.63, 3.8) is 0 Å². The first kappa shape index (κ1) is 17.2. The molecule has 1 fully saturated rings. The van der Waals surface area contributed by atoms with E-state index in [0.29, 0.717) is 35.2 Å². The third kappa shape index (κ3) is 4.66. The molecule has 0 aliphatic carbocycles. The Labute approximate surface area is 143 Å². The van der Waals surface area contributed by atoms with Crippen molar-refractivity contribution in [1.29, 1.82) is 0 Å². The summed E-state index contributed by atoms with van der Waals surface area (Å²) in [5, 5.41) is 1.97. The largest absolute Gasteiger partial charge is 0.466 e. The van der Waals surface area contributed by atoms with Gasteiger partial charge in [0.2, 0.25) is 0 Å². The van der Waals surface area contributed by atoms with Gasteiger partial charge in [-0.15, -0.1) is 11.3 Å². The lowest BCUT2D eigenvalue weighted by molar-refractivity contribution is -0.144. The summed E-state index contributed by atoms with van der Waals surface area (Å²) in [5.74, 6) is -0.299. The van der Waals surface area contributed by atoms with Gasteiger partial charge in [0, 0.05) is 17.8 Å². The van der Waals surface area contributed by atoms with E-state index in [1.54, 1.807) is 16.2 Å². The van der Waals surface area contributed by atoms with Crippen molar-refractivity contribution in [2.24, 2.45) is 0 Å². The molecule has 0 radical (unpaired) electrons. The smallest absolute Gasteiger partial charge is 0.305 e. The van der Waals surface area contributed by atoms with Crippen molar-refractivity contribution >= 4 is 57.6 Å². The molecule has 0 N–H and O–H groups in total. The molecule has 7 heteroatoms. The van der Waals surface area contributed by atoms with E-state index in [4.69, 9.17) is 17.0 Å². The van der Waals surface area contributed by atoms with Crippen molar-refractivity contribution in [3.8, 4) is 0 Å². The van der Waals surface area contributed by atoms with Crippen LogP contribution >= 0.6 is 35.3 Å². The van der Waals surface area contributed by atoms with Gasteiger partial charge in [0.15, 0.2) is 0 Å². The number of ether oxygens (including phenoxy) is 1. The number of amides is 1. The maximum atomic E-state index is 12.3. The Morgan fingerprint density at radius 3 is 3.00 bits per heavy atom. The van der Waals surface area contributed by atoms with Crippen LogP contribution in [0.5, 0.6) is 0 Å². The zero-order chi connectivity index (χ0) is 15.9. The number of thiocarbonyl (C=S) groups is 1. The quantitative estimate of drug-likeness (QED) is 0.424. The summed E-state index contributed by atoms with van der Waals surface area (Å²) in [4.78, 5) is 27.0. The van der Waals surface area contributed by atoms with Gasteiger partial charge >= 0.3 is 5.97 Å². The second-order valence-electron chi connectivity index (χ2n) is 4.67. The number of carbonyl (C=O) groups is 2. The highest BCUT2D eigenvalue weighted by Gasteiger charge is 2.31. The summed E-state index contributed by atoms with van der Waals surface area (Å²) >= 11 is 8.14. The van der Waals surface area contributed by atoms with Crippen LogP contribution in [0.2, 0.25) is 0 Å². The van der Waals surface area contributed by atoms with Gasteiger partial charge in [-0.25, -0.2) is 0 Å². The molecule has 118 valence electrons. The Bertz CT molecular complexity index is 581. The van der Waals surface area contributed by atoms with Crippen LogP contribution in [0.4, 0.5) is 0 Å². The molecule has 0 spiro atoms. The summed E-state index contributed by atoms with van der Waals surface area (Å²) in [7, 11) is 0. The molecule has 1 aliphatic heterocycles. The van der Waals surface area contributed by atoms with E-state index in [9.17, 15) is 9.59 Å². The van der Waals surface area contributed by atoms with Gasteiger partial charge in [-0.2, -0.15) is 0 Å². The Morgan fingerprint density at radius 2 is 2.32 bits per heavy atom. The second-order valence-corrected chi connectivity index (χ2v) is 7.33. The van der Waals surface area contributed by atoms with Gasteiger partial charge < -0.3 is 4.74 Å². The standard InChI is InChI=1S/C15H17NO3S3/c1-2-8-19-13(17)6-3-7-16-14(18)12(22-15(16)20)10-11-5-4-9-21-11/h4-5,9-10H,2-3,6-8H2,1H3. The van der Waals surface area contributed by atoms with Crippen molar-refractivity contribution in [2.75, 3.05) is 13.2 Å². The molecule has 1 aromatic heterocycles. The molecule has 1 amide bonds. The molecule has 22 heavy (non-hydrogen) atoms. The van der Waals surface area contributed by atoms with Crippen LogP contribution in [0, 0.1) is 0 Å². The molecular weight excluding hydrogens is 338 g/mol. The molecule has 1 aromatic rings. The highest BCUT2D eigenvalue weighted by Crippen LogP contribution is 2.33. The van der Waals surface area contributed by atoms with E-state index in [-0.39, 0.29) is 11.9 Å². The fourth-order valence-electron chi connectivity index (χ4n) is 1.86. The summed E-state index contributed by atoms with van der Waals surface area (Å²) in [6.45, 7) is 2.85. The third-order valence-electron chi connectivity index (χ3n) is 2.92. The highest BCUT2D eigenvalue weighted by atomic mass is 32.2. The molecule has 0 saturated carbocycles. The predicted molar refractivity (Wildman–Crippen MR) is 94.7 cm³/mol. The van der Waals surface area contributed by atoms with Crippen LogP contribution in [0.1, 0.15) is 31.1 Å². The summed E-state index contributed by atoms with van der Waals surface area (Å²) in [6, 6.07) is 3.90. The van der Waals surface area contributed by atoms with Gasteiger partial charge in [0.25, 0.3) is 5.91 Å². The van der Waals surface area contributed by atoms with Gasteiger partial charge in [-0.1, -0.05) is 37.0 Å². The first-order chi connectivity index (χ1) is 10.6. The Hall–Kier alpha value is -1.18. The van der Waals surface area contributed by atoms with Crippen LogP contribution in [0.3, 0.4) is 0 Å². The van der Waals surface area contributed by atoms with Gasteiger partial charge in [-0.3, -0.25) is 14.5 Å². The molecule has 0 atom stereocenters. The van der Waals surface area contributed by atoms with Gasteiger partial charge in [0.05, 0.1) is 11.5 Å². The minimum absolute atomic E-state index is 0.0784. The van der Waals surface area contributed by atoms with Crippen molar-refractivity contribution < 1.29 is 14.3 Å². The number of carbonyl (C=O) groups excluding carboxylic acids is 2. The van der Waals surface area contributed by atoms with E-state index in [1.165, 1.54) is 11.8 Å². The normalized spacial score (nSPS) is 16.6. The first-order valence-corrected chi connectivity index (χ1v) is 9.16. The Balaban J connectivity index is 1.86. The summed E-state index contributed by atoms with van der Waals surface area (Å²) in [5.41, 5.74) is 0. The van der Waals surface area contributed by atoms with Gasteiger partial charge in [0.1, 0.15) is 4.32 Å². The number of nitrogens with zero attached hydrogens (tertiary/aromatic N) is 1. The number of thioether (sulfide) groups is 1. The zero-order valence-electron chi connectivity index (χ0n) is 12.2. The molecule has 0 bridgehead atoms. The Morgan fingerprint density at radius 1 is 1.50 bits per heavy atom. The second kappa shape index (κ2) is 8.45. The van der Waals surface area contributed by atoms with Crippen molar-refractivity contribution in [3.05, 3.63) is 27.3 Å². The molecule has 0 aromatic carbocycles. The van der Waals surface area contributed by atoms with Crippen molar-refractivity contribution in [2.45, 2.75) is 26.2 Å². The minimum Gasteiger partial charge on any atom is -0.466 e. The first-order valence-electron chi connectivity index (χ1n) is 7.06. The maximum absolute atomic E-state index is 12.3. The molecule has 4 nitrogen and oxygen atoms in total. The molecule has 2 rings (SSSR count). The number of hydrogen-bond acceptors (Lipinski definition) is 6. The van der Waals surface area contributed by atoms with E-state index in [1.807, 2.05) is 30.5 Å². The molecule has 1 saturated heterocycles. The van der Waals surface area contributed by atoms with E-state index in [0.717, 1.165) is 11.3 Å². The SMILES string of the molecule is CCCOC(=O)CCCN1C(=O)C(=Cc2cccs2)SC1=S. The van der Waals surface area contributed by atoms with Crippen LogP contribution in [0.25, 0.3) is 6.08 Å². The lowest BCUT2D eigenvalue weighted by Gasteiger charge is -2.13. The molecular formula is C15H17NO3S3. The van der Waals surface area contributed by atoms with Gasteiger partial charge in [-0.05, 0) is 30.4 Å². The Kier molecular flexibility index (Phi) is 6.60. The van der Waals surface area contributed by atoms with E-state index >= 15 is 0 Å². The van der Waals surface area contributed by atoms with Crippen LogP contribution in [-0.4, -0.2) is 34.2 Å². The number of thiophene rings is 1. The predicted octanol–water partition coefficient (Wildman–Crippen LogP) is 3.68. The average molecular weight is 356 g/mol. The fraction of sp³-hybridized carbons (Fsp3) is 0.400. The summed E-state index contributed by atoms with van der Waals surface area (Å²) in [6.07, 6.45) is 3.54. The maximum Gasteiger partial charge on any atom is 0.305 e. The summed E-state index contributed by atoms with van der Waals surface area (Å²) < 4.78 is 5.56. The monoisotopic (exact) mass is 355 g/mol. The number of rotatable bonds is 7. The number of esters is 1. The number of hydrogen-bond donors (Lipinski definition) is 0. The average Bonchev–Trinajstić information content (AvgIpc) is 3.09. The fourth-order valence-corrected chi connectivity index (χ4v) is 3.90. The van der Waals surface area contributed by atoms with Crippen LogP contribution in [-0.2, 0) is 14.3 Å². The lowest BCUT2D eigenvalue weighted by Crippen LogP contribution is -2.29. The van der Waals surface area contributed by atoms with E-state index < -0.39 is 0 Å².